The third-order valence-corrected chi connectivity index (χ3v) is 5.95. The number of hydrogen-bond acceptors (Lipinski definition) is 4. The SMILES string of the molecule is COCCN(CC(=O)N(CCc1ccccc1)Cc1ccco1)C(=O)C1CCCCC1. The molecule has 31 heavy (non-hydrogen) atoms. The van der Waals surface area contributed by atoms with Crippen LogP contribution in [0, 0.1) is 5.92 Å². The Kier molecular flexibility index (Phi) is 9.16. The maximum absolute atomic E-state index is 13.3. The summed E-state index contributed by atoms with van der Waals surface area (Å²) < 4.78 is 10.7. The van der Waals surface area contributed by atoms with Gasteiger partial charge >= 0.3 is 0 Å². The fourth-order valence-corrected chi connectivity index (χ4v) is 4.13. The first-order valence-corrected chi connectivity index (χ1v) is 11.3. The van der Waals surface area contributed by atoms with Gasteiger partial charge in [-0.3, -0.25) is 9.59 Å². The zero-order chi connectivity index (χ0) is 21.9. The van der Waals surface area contributed by atoms with E-state index in [2.05, 4.69) is 12.1 Å². The molecule has 3 rings (SSSR count). The Morgan fingerprint density at radius 1 is 1.00 bits per heavy atom. The molecular weight excluding hydrogens is 392 g/mol. The van der Waals surface area contributed by atoms with E-state index in [1.807, 2.05) is 30.3 Å². The van der Waals surface area contributed by atoms with Gasteiger partial charge in [0, 0.05) is 26.1 Å². The largest absolute Gasteiger partial charge is 0.467 e. The van der Waals surface area contributed by atoms with Crippen molar-refractivity contribution < 1.29 is 18.7 Å². The summed E-state index contributed by atoms with van der Waals surface area (Å²) in [6.07, 6.45) is 7.57. The Morgan fingerprint density at radius 2 is 1.77 bits per heavy atom. The van der Waals surface area contributed by atoms with Crippen molar-refractivity contribution in [3.8, 4) is 0 Å². The average molecular weight is 427 g/mol. The van der Waals surface area contributed by atoms with E-state index in [4.69, 9.17) is 9.15 Å². The molecule has 2 aromatic rings. The predicted molar refractivity (Wildman–Crippen MR) is 119 cm³/mol. The van der Waals surface area contributed by atoms with E-state index < -0.39 is 0 Å². The molecule has 0 radical (unpaired) electrons. The van der Waals surface area contributed by atoms with Crippen LogP contribution in [0.5, 0.6) is 0 Å². The van der Waals surface area contributed by atoms with Gasteiger partial charge in [0.05, 0.1) is 26.0 Å². The molecule has 1 heterocycles. The number of carbonyl (C=O) groups is 2. The number of ether oxygens (including phenoxy) is 1. The fraction of sp³-hybridized carbons (Fsp3) is 0.520. The van der Waals surface area contributed by atoms with Crippen molar-refractivity contribution in [3.63, 3.8) is 0 Å². The number of rotatable bonds is 11. The lowest BCUT2D eigenvalue weighted by Gasteiger charge is -2.31. The predicted octanol–water partition coefficient (Wildman–Crippen LogP) is 3.91. The zero-order valence-corrected chi connectivity index (χ0v) is 18.5. The molecule has 6 nitrogen and oxygen atoms in total. The molecule has 0 atom stereocenters. The summed E-state index contributed by atoms with van der Waals surface area (Å²) in [6.45, 7) is 1.90. The molecule has 168 valence electrons. The minimum atomic E-state index is -0.0624. The number of amides is 2. The van der Waals surface area contributed by atoms with Crippen molar-refractivity contribution in [2.45, 2.75) is 45.1 Å². The van der Waals surface area contributed by atoms with Crippen molar-refractivity contribution in [2.75, 3.05) is 33.4 Å². The number of furan rings is 1. The normalized spacial score (nSPS) is 14.4. The Morgan fingerprint density at radius 3 is 2.45 bits per heavy atom. The van der Waals surface area contributed by atoms with Crippen molar-refractivity contribution in [1.82, 2.24) is 9.80 Å². The maximum atomic E-state index is 13.3. The standard InChI is InChI=1S/C25H34N2O4/c1-30-18-16-27(25(29)22-11-6-3-7-12-22)20-24(28)26(19-23-13-8-17-31-23)15-14-21-9-4-2-5-10-21/h2,4-5,8-10,13,17,22H,3,6-7,11-12,14-16,18-20H2,1H3. The van der Waals surface area contributed by atoms with Gasteiger partial charge in [-0.05, 0) is 37.0 Å². The van der Waals surface area contributed by atoms with Crippen LogP contribution in [0.3, 0.4) is 0 Å². The van der Waals surface area contributed by atoms with Gasteiger partial charge in [-0.15, -0.1) is 0 Å². The Balaban J connectivity index is 1.67. The number of carbonyl (C=O) groups excluding carboxylic acids is 2. The molecule has 1 fully saturated rings. The first-order valence-electron chi connectivity index (χ1n) is 11.3. The van der Waals surface area contributed by atoms with E-state index in [9.17, 15) is 9.59 Å². The Bertz CT molecular complexity index is 785. The first-order chi connectivity index (χ1) is 15.2. The highest BCUT2D eigenvalue weighted by Gasteiger charge is 2.28. The molecule has 2 amide bonds. The van der Waals surface area contributed by atoms with Crippen molar-refractivity contribution in [1.29, 1.82) is 0 Å². The maximum Gasteiger partial charge on any atom is 0.242 e. The van der Waals surface area contributed by atoms with Gasteiger partial charge in [0.15, 0.2) is 0 Å². The second-order valence-electron chi connectivity index (χ2n) is 8.22. The summed E-state index contributed by atoms with van der Waals surface area (Å²) >= 11 is 0. The van der Waals surface area contributed by atoms with Gasteiger partial charge < -0.3 is 19.0 Å². The summed E-state index contributed by atoms with van der Waals surface area (Å²) in [5.41, 5.74) is 1.18. The first kappa shape index (κ1) is 23.1. The van der Waals surface area contributed by atoms with E-state index >= 15 is 0 Å². The smallest absolute Gasteiger partial charge is 0.242 e. The second-order valence-corrected chi connectivity index (χ2v) is 8.22. The van der Waals surface area contributed by atoms with Crippen LogP contribution in [0.4, 0.5) is 0 Å². The molecule has 1 aliphatic rings. The van der Waals surface area contributed by atoms with E-state index in [1.165, 1.54) is 12.0 Å². The van der Waals surface area contributed by atoms with Gasteiger partial charge in [0.2, 0.25) is 11.8 Å². The van der Waals surface area contributed by atoms with Crippen LogP contribution in [0.25, 0.3) is 0 Å². The molecule has 0 unspecified atom stereocenters. The summed E-state index contributed by atoms with van der Waals surface area (Å²) in [5, 5.41) is 0. The topological polar surface area (TPSA) is 63.0 Å². The quantitative estimate of drug-likeness (QED) is 0.547. The Labute approximate surface area is 185 Å². The fourth-order valence-electron chi connectivity index (χ4n) is 4.13. The number of nitrogens with zero attached hydrogens (tertiary/aromatic N) is 2. The highest BCUT2D eigenvalue weighted by atomic mass is 16.5. The lowest BCUT2D eigenvalue weighted by Crippen LogP contribution is -2.46. The van der Waals surface area contributed by atoms with Crippen molar-refractivity contribution in [3.05, 3.63) is 60.1 Å². The molecular formula is C25H34N2O4. The van der Waals surface area contributed by atoms with Crippen LogP contribution < -0.4 is 0 Å². The van der Waals surface area contributed by atoms with E-state index in [0.29, 0.717) is 26.2 Å². The zero-order valence-electron chi connectivity index (χ0n) is 18.5. The van der Waals surface area contributed by atoms with Crippen molar-refractivity contribution >= 4 is 11.8 Å². The molecule has 0 aliphatic heterocycles. The Hall–Kier alpha value is -2.60. The van der Waals surface area contributed by atoms with Gasteiger partial charge in [-0.1, -0.05) is 49.6 Å². The highest BCUT2D eigenvalue weighted by Crippen LogP contribution is 2.25. The third-order valence-electron chi connectivity index (χ3n) is 5.95. The van der Waals surface area contributed by atoms with E-state index in [0.717, 1.165) is 37.9 Å². The molecule has 1 saturated carbocycles. The molecule has 0 bridgehead atoms. The number of hydrogen-bond donors (Lipinski definition) is 0. The summed E-state index contributed by atoms with van der Waals surface area (Å²) in [4.78, 5) is 29.9. The number of methoxy groups -OCH3 is 1. The third kappa shape index (κ3) is 7.24. The minimum absolute atomic E-state index is 0.0289. The van der Waals surface area contributed by atoms with Crippen LogP contribution in [0.15, 0.2) is 53.1 Å². The summed E-state index contributed by atoms with van der Waals surface area (Å²) in [6, 6.07) is 13.8. The van der Waals surface area contributed by atoms with Crippen LogP contribution >= 0.6 is 0 Å². The van der Waals surface area contributed by atoms with Crippen LogP contribution in [0.1, 0.15) is 43.4 Å². The van der Waals surface area contributed by atoms with E-state index in [-0.39, 0.29) is 24.3 Å². The second kappa shape index (κ2) is 12.3. The number of benzene rings is 1. The average Bonchev–Trinajstić information content (AvgIpc) is 3.33. The van der Waals surface area contributed by atoms with E-state index in [1.54, 1.807) is 23.2 Å². The van der Waals surface area contributed by atoms with Crippen molar-refractivity contribution in [2.24, 2.45) is 5.92 Å². The molecule has 0 N–H and O–H groups in total. The van der Waals surface area contributed by atoms with Gasteiger partial charge in [-0.2, -0.15) is 0 Å². The highest BCUT2D eigenvalue weighted by molar-refractivity contribution is 5.86. The molecule has 1 aromatic heterocycles. The molecule has 1 aliphatic carbocycles. The summed E-state index contributed by atoms with van der Waals surface area (Å²) in [5.74, 6) is 0.795. The molecule has 1 aromatic carbocycles. The van der Waals surface area contributed by atoms with Crippen LogP contribution in [0.2, 0.25) is 0 Å². The van der Waals surface area contributed by atoms with Gasteiger partial charge in [-0.25, -0.2) is 0 Å². The van der Waals surface area contributed by atoms with Gasteiger partial charge in [0.25, 0.3) is 0 Å². The molecule has 0 spiro atoms. The lowest BCUT2D eigenvalue weighted by atomic mass is 9.88. The molecule has 0 saturated heterocycles. The monoisotopic (exact) mass is 426 g/mol. The summed E-state index contributed by atoms with van der Waals surface area (Å²) in [7, 11) is 1.62. The molecule has 6 heteroatoms. The minimum Gasteiger partial charge on any atom is -0.467 e. The van der Waals surface area contributed by atoms with Crippen LogP contribution in [-0.4, -0.2) is 55.0 Å². The van der Waals surface area contributed by atoms with Crippen LogP contribution in [-0.2, 0) is 27.3 Å². The van der Waals surface area contributed by atoms with Gasteiger partial charge in [0.1, 0.15) is 5.76 Å². The lowest BCUT2D eigenvalue weighted by molar-refractivity contribution is -0.144.